The van der Waals surface area contributed by atoms with Gasteiger partial charge >= 0.3 is 0 Å². The maximum Gasteiger partial charge on any atom is 0.182 e. The summed E-state index contributed by atoms with van der Waals surface area (Å²) in [5, 5.41) is 6.00. The lowest BCUT2D eigenvalue weighted by molar-refractivity contribution is 0.600. The van der Waals surface area contributed by atoms with Crippen LogP contribution in [0.25, 0.3) is 0 Å². The number of sulfone groups is 1. The summed E-state index contributed by atoms with van der Waals surface area (Å²) in [5.74, 6) is 0.228. The molecule has 0 aliphatic rings. The average molecular weight is 248 g/mol. The van der Waals surface area contributed by atoms with Crippen LogP contribution in [0.1, 0.15) is 19.0 Å². The number of anilines is 1. The SMILES string of the molecule is CCc1csc(NCCCS(C)(=O)=O)n1. The summed E-state index contributed by atoms with van der Waals surface area (Å²) < 4.78 is 21.7. The third-order valence-corrected chi connectivity index (χ3v) is 3.76. The molecule has 0 aliphatic heterocycles. The van der Waals surface area contributed by atoms with E-state index >= 15 is 0 Å². The van der Waals surface area contributed by atoms with Gasteiger partial charge in [0.25, 0.3) is 0 Å². The zero-order chi connectivity index (χ0) is 11.3. The molecule has 1 rings (SSSR count). The molecule has 0 saturated heterocycles. The number of hydrogen-bond donors (Lipinski definition) is 1. The highest BCUT2D eigenvalue weighted by Crippen LogP contribution is 2.15. The molecule has 0 atom stereocenters. The molecule has 0 aromatic carbocycles. The summed E-state index contributed by atoms with van der Waals surface area (Å²) >= 11 is 1.56. The van der Waals surface area contributed by atoms with E-state index in [1.165, 1.54) is 6.26 Å². The number of aryl methyl sites for hydroxylation is 1. The van der Waals surface area contributed by atoms with Crippen molar-refractivity contribution in [2.45, 2.75) is 19.8 Å². The van der Waals surface area contributed by atoms with Gasteiger partial charge in [0.05, 0.1) is 11.4 Å². The minimum absolute atomic E-state index is 0.228. The molecule has 0 radical (unpaired) electrons. The third kappa shape index (κ3) is 5.13. The van der Waals surface area contributed by atoms with Crippen molar-refractivity contribution in [1.82, 2.24) is 4.98 Å². The first-order chi connectivity index (χ1) is 7.01. The largest absolute Gasteiger partial charge is 0.361 e. The maximum atomic E-state index is 10.9. The number of nitrogens with zero attached hydrogens (tertiary/aromatic N) is 1. The first kappa shape index (κ1) is 12.4. The van der Waals surface area contributed by atoms with E-state index in [9.17, 15) is 8.42 Å². The van der Waals surface area contributed by atoms with Gasteiger partial charge in [-0.2, -0.15) is 0 Å². The van der Waals surface area contributed by atoms with Crippen molar-refractivity contribution >= 4 is 26.3 Å². The van der Waals surface area contributed by atoms with Gasteiger partial charge in [-0.1, -0.05) is 6.92 Å². The first-order valence-corrected chi connectivity index (χ1v) is 7.81. The Bertz CT molecular complexity index is 398. The molecule has 1 aromatic rings. The average Bonchev–Trinajstić information content (AvgIpc) is 2.59. The Labute approximate surface area is 94.7 Å². The van der Waals surface area contributed by atoms with Gasteiger partial charge in [0.15, 0.2) is 5.13 Å². The van der Waals surface area contributed by atoms with E-state index < -0.39 is 9.84 Å². The van der Waals surface area contributed by atoms with E-state index in [-0.39, 0.29) is 5.75 Å². The highest BCUT2D eigenvalue weighted by Gasteiger charge is 2.02. The van der Waals surface area contributed by atoms with Crippen LogP contribution in [-0.4, -0.2) is 32.0 Å². The lowest BCUT2D eigenvalue weighted by atomic mass is 10.4. The minimum atomic E-state index is -2.84. The molecule has 0 unspecified atom stereocenters. The lowest BCUT2D eigenvalue weighted by Crippen LogP contribution is -2.09. The fourth-order valence-corrected chi connectivity index (χ4v) is 2.57. The molecular weight excluding hydrogens is 232 g/mol. The van der Waals surface area contributed by atoms with E-state index in [0.29, 0.717) is 13.0 Å². The number of nitrogens with one attached hydrogen (secondary N) is 1. The molecule has 0 bridgehead atoms. The van der Waals surface area contributed by atoms with Gasteiger partial charge in [0.2, 0.25) is 0 Å². The standard InChI is InChI=1S/C9H16N2O2S2/c1-3-8-7-14-9(11-8)10-5-4-6-15(2,12)13/h7H,3-6H2,1-2H3,(H,10,11). The molecule has 0 aliphatic carbocycles. The van der Waals surface area contributed by atoms with Crippen LogP contribution >= 0.6 is 11.3 Å². The van der Waals surface area contributed by atoms with Gasteiger partial charge < -0.3 is 5.32 Å². The molecule has 6 heteroatoms. The molecule has 15 heavy (non-hydrogen) atoms. The van der Waals surface area contributed by atoms with Gasteiger partial charge in [-0.3, -0.25) is 0 Å². The minimum Gasteiger partial charge on any atom is -0.361 e. The molecule has 1 N–H and O–H groups in total. The monoisotopic (exact) mass is 248 g/mol. The van der Waals surface area contributed by atoms with Crippen LogP contribution in [-0.2, 0) is 16.3 Å². The molecule has 0 fully saturated rings. The summed E-state index contributed by atoms with van der Waals surface area (Å²) in [5.41, 5.74) is 1.07. The molecule has 1 aromatic heterocycles. The Hall–Kier alpha value is -0.620. The van der Waals surface area contributed by atoms with Crippen molar-refractivity contribution < 1.29 is 8.42 Å². The van der Waals surface area contributed by atoms with Crippen molar-refractivity contribution in [3.8, 4) is 0 Å². The van der Waals surface area contributed by atoms with E-state index in [4.69, 9.17) is 0 Å². The Morgan fingerprint density at radius 3 is 2.80 bits per heavy atom. The highest BCUT2D eigenvalue weighted by atomic mass is 32.2. The normalized spacial score (nSPS) is 11.6. The summed E-state index contributed by atoms with van der Waals surface area (Å²) in [6.07, 6.45) is 2.81. The van der Waals surface area contributed by atoms with Crippen LogP contribution in [0.15, 0.2) is 5.38 Å². The summed E-state index contributed by atoms with van der Waals surface area (Å²) in [7, 11) is -2.84. The zero-order valence-electron chi connectivity index (χ0n) is 8.99. The topological polar surface area (TPSA) is 59.1 Å². The van der Waals surface area contributed by atoms with E-state index in [2.05, 4.69) is 17.2 Å². The van der Waals surface area contributed by atoms with Crippen molar-refractivity contribution in [2.24, 2.45) is 0 Å². The Morgan fingerprint density at radius 2 is 2.27 bits per heavy atom. The summed E-state index contributed by atoms with van der Waals surface area (Å²) in [6.45, 7) is 2.71. The van der Waals surface area contributed by atoms with Crippen molar-refractivity contribution in [3.63, 3.8) is 0 Å². The fraction of sp³-hybridized carbons (Fsp3) is 0.667. The maximum absolute atomic E-state index is 10.9. The van der Waals surface area contributed by atoms with Crippen molar-refractivity contribution in [1.29, 1.82) is 0 Å². The predicted octanol–water partition coefficient (Wildman–Crippen LogP) is 1.55. The Kier molecular flexibility index (Phi) is 4.53. The Morgan fingerprint density at radius 1 is 1.53 bits per heavy atom. The number of thiazole rings is 1. The van der Waals surface area contributed by atoms with Crippen molar-refractivity contribution in [3.05, 3.63) is 11.1 Å². The third-order valence-electron chi connectivity index (χ3n) is 1.88. The van der Waals surface area contributed by atoms with Crippen LogP contribution in [0, 0.1) is 0 Å². The van der Waals surface area contributed by atoms with Crippen LogP contribution < -0.4 is 5.32 Å². The number of aromatic nitrogens is 1. The van der Waals surface area contributed by atoms with Crippen LogP contribution in [0.3, 0.4) is 0 Å². The van der Waals surface area contributed by atoms with Gasteiger partial charge in [0.1, 0.15) is 9.84 Å². The van der Waals surface area contributed by atoms with E-state index in [1.54, 1.807) is 11.3 Å². The summed E-state index contributed by atoms with van der Waals surface area (Å²) in [4.78, 5) is 4.32. The second-order valence-electron chi connectivity index (χ2n) is 3.41. The van der Waals surface area contributed by atoms with Crippen molar-refractivity contribution in [2.75, 3.05) is 23.9 Å². The lowest BCUT2D eigenvalue weighted by Gasteiger charge is -2.00. The fourth-order valence-electron chi connectivity index (χ4n) is 1.08. The van der Waals surface area contributed by atoms with Crippen LogP contribution in [0.5, 0.6) is 0 Å². The second-order valence-corrected chi connectivity index (χ2v) is 6.53. The molecule has 1 heterocycles. The first-order valence-electron chi connectivity index (χ1n) is 4.87. The molecule has 0 saturated carbocycles. The van der Waals surface area contributed by atoms with E-state index in [1.807, 2.05) is 5.38 Å². The number of rotatable bonds is 6. The zero-order valence-corrected chi connectivity index (χ0v) is 10.6. The predicted molar refractivity (Wildman–Crippen MR) is 64.3 cm³/mol. The number of hydrogen-bond acceptors (Lipinski definition) is 5. The quantitative estimate of drug-likeness (QED) is 0.776. The van der Waals surface area contributed by atoms with Gasteiger partial charge in [-0.25, -0.2) is 13.4 Å². The second kappa shape index (κ2) is 5.46. The molecule has 86 valence electrons. The molecular formula is C9H16N2O2S2. The van der Waals surface area contributed by atoms with Crippen LogP contribution in [0.2, 0.25) is 0 Å². The van der Waals surface area contributed by atoms with Crippen LogP contribution in [0.4, 0.5) is 5.13 Å². The molecule has 0 amide bonds. The van der Waals surface area contributed by atoms with Gasteiger partial charge in [-0.05, 0) is 12.8 Å². The highest BCUT2D eigenvalue weighted by molar-refractivity contribution is 7.90. The molecule has 4 nitrogen and oxygen atoms in total. The molecule has 0 spiro atoms. The smallest absolute Gasteiger partial charge is 0.182 e. The summed E-state index contributed by atoms with van der Waals surface area (Å²) in [6, 6.07) is 0. The van der Waals surface area contributed by atoms with Gasteiger partial charge in [0, 0.05) is 18.2 Å². The van der Waals surface area contributed by atoms with Gasteiger partial charge in [-0.15, -0.1) is 11.3 Å². The Balaban J connectivity index is 2.26. The van der Waals surface area contributed by atoms with E-state index in [0.717, 1.165) is 17.2 Å².